The molecule has 0 fully saturated rings. The Morgan fingerprint density at radius 1 is 0.419 bits per heavy atom. The predicted octanol–water partition coefficient (Wildman–Crippen LogP) is 10.1. The molecular formula is C41H32N2. The van der Waals surface area contributed by atoms with Crippen molar-refractivity contribution in [2.24, 2.45) is 4.99 Å². The third-order valence-electron chi connectivity index (χ3n) is 8.04. The topological polar surface area (TPSA) is 24.4 Å². The summed E-state index contributed by atoms with van der Waals surface area (Å²) in [6.07, 6.45) is 1.97. The van der Waals surface area contributed by atoms with Crippen LogP contribution in [0.5, 0.6) is 0 Å². The molecule has 6 aromatic carbocycles. The van der Waals surface area contributed by atoms with Gasteiger partial charge in [0.2, 0.25) is 0 Å². The van der Waals surface area contributed by atoms with Gasteiger partial charge in [-0.05, 0) is 63.1 Å². The molecule has 206 valence electrons. The van der Waals surface area contributed by atoms with Gasteiger partial charge in [-0.15, -0.1) is 0 Å². The van der Waals surface area contributed by atoms with Crippen LogP contribution in [0.3, 0.4) is 0 Å². The maximum Gasteiger partial charge on any atom is 0.145 e. The zero-order chi connectivity index (χ0) is 29.0. The Bertz CT molecular complexity index is 1880. The number of nitrogens with one attached hydrogen (secondary N) is 1. The molecule has 1 aliphatic rings. The third kappa shape index (κ3) is 5.82. The highest BCUT2D eigenvalue weighted by molar-refractivity contribution is 6.13. The van der Waals surface area contributed by atoms with Crippen LogP contribution in [-0.2, 0) is 0 Å². The number of aryl methyl sites for hydroxylation is 1. The average molecular weight is 553 g/mol. The van der Waals surface area contributed by atoms with Gasteiger partial charge >= 0.3 is 0 Å². The molecule has 0 saturated heterocycles. The van der Waals surface area contributed by atoms with Gasteiger partial charge in [-0.1, -0.05) is 163 Å². The highest BCUT2D eigenvalue weighted by Crippen LogP contribution is 2.30. The van der Waals surface area contributed by atoms with Gasteiger partial charge in [0, 0.05) is 5.70 Å². The Kier molecular flexibility index (Phi) is 7.25. The minimum atomic E-state index is -0.204. The summed E-state index contributed by atoms with van der Waals surface area (Å²) in [7, 11) is 0. The largest absolute Gasteiger partial charge is 0.360 e. The van der Waals surface area contributed by atoms with E-state index >= 15 is 0 Å². The molecule has 1 unspecified atom stereocenters. The van der Waals surface area contributed by atoms with Crippen molar-refractivity contribution < 1.29 is 0 Å². The van der Waals surface area contributed by atoms with Gasteiger partial charge in [-0.3, -0.25) is 4.99 Å². The minimum Gasteiger partial charge on any atom is -0.360 e. The van der Waals surface area contributed by atoms with Crippen molar-refractivity contribution in [3.63, 3.8) is 0 Å². The van der Waals surface area contributed by atoms with Crippen LogP contribution in [0.4, 0.5) is 0 Å². The fourth-order valence-corrected chi connectivity index (χ4v) is 5.56. The van der Waals surface area contributed by atoms with Gasteiger partial charge in [0.25, 0.3) is 0 Å². The molecule has 2 nitrogen and oxygen atoms in total. The Labute approximate surface area is 253 Å². The summed E-state index contributed by atoms with van der Waals surface area (Å²) in [6.45, 7) is 2.12. The predicted molar refractivity (Wildman–Crippen MR) is 181 cm³/mol. The van der Waals surface area contributed by atoms with E-state index in [1.807, 2.05) is 6.07 Å². The van der Waals surface area contributed by atoms with Crippen LogP contribution in [0, 0.1) is 6.92 Å². The Balaban J connectivity index is 1.23. The van der Waals surface area contributed by atoms with E-state index < -0.39 is 0 Å². The Hall–Kier alpha value is -5.47. The number of rotatable bonds is 6. The number of hydrogen-bond acceptors (Lipinski definition) is 2. The second-order valence-corrected chi connectivity index (χ2v) is 11.0. The standard InChI is InChI=1S/C41H32N2/c1-29-12-14-32(15-13-29)35-20-26-38(27-21-35)41-42-39(36-22-16-33(17-23-36)30-8-4-2-5-9-30)28-40(43-41)37-24-18-34(19-25-37)31-10-6-3-7-11-31/h2-28,41-42H,1H3. The van der Waals surface area contributed by atoms with Gasteiger partial charge in [0.15, 0.2) is 0 Å². The Morgan fingerprint density at radius 2 is 0.814 bits per heavy atom. The smallest absolute Gasteiger partial charge is 0.145 e. The lowest BCUT2D eigenvalue weighted by Crippen LogP contribution is -2.24. The first-order chi connectivity index (χ1) is 21.2. The second kappa shape index (κ2) is 11.8. The third-order valence-corrected chi connectivity index (χ3v) is 8.04. The van der Waals surface area contributed by atoms with Crippen molar-refractivity contribution in [3.05, 3.63) is 186 Å². The summed E-state index contributed by atoms with van der Waals surface area (Å²) in [5.41, 5.74) is 13.9. The molecule has 1 atom stereocenters. The molecule has 43 heavy (non-hydrogen) atoms. The van der Waals surface area contributed by atoms with Crippen LogP contribution in [0.25, 0.3) is 39.1 Å². The molecule has 0 saturated carbocycles. The van der Waals surface area contributed by atoms with E-state index in [1.54, 1.807) is 0 Å². The molecule has 0 amide bonds. The van der Waals surface area contributed by atoms with E-state index in [4.69, 9.17) is 4.99 Å². The van der Waals surface area contributed by atoms with E-state index in [9.17, 15) is 0 Å². The summed E-state index contributed by atoms with van der Waals surface area (Å²) in [5.74, 6) is 0. The molecular weight excluding hydrogens is 520 g/mol. The van der Waals surface area contributed by atoms with E-state index in [0.29, 0.717) is 0 Å². The molecule has 6 aromatic rings. The van der Waals surface area contributed by atoms with Crippen LogP contribution in [0.2, 0.25) is 0 Å². The van der Waals surface area contributed by atoms with E-state index in [2.05, 4.69) is 170 Å². The molecule has 0 radical (unpaired) electrons. The SMILES string of the molecule is Cc1ccc(-c2ccc(C3N=C(c4ccc(-c5ccccc5)cc4)C=C(c4ccc(-c5ccccc5)cc4)N3)cc2)cc1. The summed E-state index contributed by atoms with van der Waals surface area (Å²) >= 11 is 0. The summed E-state index contributed by atoms with van der Waals surface area (Å²) in [5, 5.41) is 3.72. The molecule has 0 bridgehead atoms. The lowest BCUT2D eigenvalue weighted by atomic mass is 9.97. The van der Waals surface area contributed by atoms with Crippen molar-refractivity contribution in [2.75, 3.05) is 0 Å². The number of nitrogens with zero attached hydrogens (tertiary/aromatic N) is 1. The first-order valence-corrected chi connectivity index (χ1v) is 14.7. The first-order valence-electron chi connectivity index (χ1n) is 14.7. The number of hydrogen-bond donors (Lipinski definition) is 1. The maximum atomic E-state index is 5.21. The minimum absolute atomic E-state index is 0.204. The lowest BCUT2D eigenvalue weighted by Gasteiger charge is -2.25. The van der Waals surface area contributed by atoms with Crippen molar-refractivity contribution in [3.8, 4) is 33.4 Å². The number of benzene rings is 6. The Morgan fingerprint density at radius 3 is 1.33 bits per heavy atom. The van der Waals surface area contributed by atoms with Crippen molar-refractivity contribution >= 4 is 11.4 Å². The molecule has 0 spiro atoms. The highest BCUT2D eigenvalue weighted by atomic mass is 15.1. The zero-order valence-electron chi connectivity index (χ0n) is 24.1. The molecule has 1 heterocycles. The van der Waals surface area contributed by atoms with Gasteiger partial charge in [-0.25, -0.2) is 0 Å². The van der Waals surface area contributed by atoms with E-state index in [-0.39, 0.29) is 6.17 Å². The van der Waals surface area contributed by atoms with E-state index in [0.717, 1.165) is 28.1 Å². The van der Waals surface area contributed by atoms with Gasteiger partial charge < -0.3 is 5.32 Å². The molecule has 7 rings (SSSR count). The van der Waals surface area contributed by atoms with Crippen molar-refractivity contribution in [2.45, 2.75) is 13.1 Å². The summed E-state index contributed by atoms with van der Waals surface area (Å²) in [4.78, 5) is 5.21. The highest BCUT2D eigenvalue weighted by Gasteiger charge is 2.20. The monoisotopic (exact) mass is 552 g/mol. The molecule has 0 aliphatic carbocycles. The summed E-state index contributed by atoms with van der Waals surface area (Å²) < 4.78 is 0. The fourth-order valence-electron chi connectivity index (χ4n) is 5.56. The van der Waals surface area contributed by atoms with Gasteiger partial charge in [-0.2, -0.15) is 0 Å². The van der Waals surface area contributed by atoms with Crippen LogP contribution in [0.15, 0.2) is 169 Å². The molecule has 2 heteroatoms. The maximum absolute atomic E-state index is 5.21. The van der Waals surface area contributed by atoms with Gasteiger partial charge in [0.1, 0.15) is 6.17 Å². The van der Waals surface area contributed by atoms with E-state index in [1.165, 1.54) is 38.9 Å². The average Bonchev–Trinajstić information content (AvgIpc) is 3.09. The van der Waals surface area contributed by atoms with Crippen LogP contribution >= 0.6 is 0 Å². The van der Waals surface area contributed by atoms with Crippen LogP contribution < -0.4 is 5.32 Å². The zero-order valence-corrected chi connectivity index (χ0v) is 24.1. The summed E-state index contributed by atoms with van der Waals surface area (Å²) in [6, 6.07) is 55.9. The fraction of sp³-hybridized carbons (Fsp3) is 0.0488. The lowest BCUT2D eigenvalue weighted by molar-refractivity contribution is 0.664. The number of allylic oxidation sites excluding steroid dienone is 1. The second-order valence-electron chi connectivity index (χ2n) is 11.0. The van der Waals surface area contributed by atoms with Crippen molar-refractivity contribution in [1.29, 1.82) is 0 Å². The van der Waals surface area contributed by atoms with Crippen LogP contribution in [-0.4, -0.2) is 5.71 Å². The van der Waals surface area contributed by atoms with Crippen molar-refractivity contribution in [1.82, 2.24) is 5.32 Å². The van der Waals surface area contributed by atoms with Gasteiger partial charge in [0.05, 0.1) is 5.71 Å². The molecule has 1 aliphatic heterocycles. The first kappa shape index (κ1) is 26.4. The number of aliphatic imine (C=N–C) groups is 1. The molecule has 0 aromatic heterocycles. The normalized spacial score (nSPS) is 14.4. The quantitative estimate of drug-likeness (QED) is 0.218. The molecule has 1 N–H and O–H groups in total. The van der Waals surface area contributed by atoms with Crippen LogP contribution in [0.1, 0.15) is 28.4 Å².